The van der Waals surface area contributed by atoms with Crippen LogP contribution < -0.4 is 20.1 Å². The summed E-state index contributed by atoms with van der Waals surface area (Å²) in [5.74, 6) is 1.25. The van der Waals surface area contributed by atoms with E-state index in [0.29, 0.717) is 25.5 Å². The van der Waals surface area contributed by atoms with E-state index in [4.69, 9.17) is 9.47 Å². The number of fused-ring (bicyclic) bond motifs is 1. The summed E-state index contributed by atoms with van der Waals surface area (Å²) in [6, 6.07) is 5.09. The monoisotopic (exact) mass is 310 g/mol. The van der Waals surface area contributed by atoms with E-state index >= 15 is 0 Å². The smallest absolute Gasteiger partial charge is 0.321 e. The van der Waals surface area contributed by atoms with Crippen LogP contribution in [0.25, 0.3) is 0 Å². The van der Waals surface area contributed by atoms with Gasteiger partial charge in [-0.05, 0) is 25.1 Å². The molecule has 0 fully saturated rings. The van der Waals surface area contributed by atoms with Gasteiger partial charge in [-0.1, -0.05) is 0 Å². The van der Waals surface area contributed by atoms with Gasteiger partial charge in [-0.3, -0.25) is 10.1 Å². The Balaban J connectivity index is 1.87. The maximum Gasteiger partial charge on any atom is 0.321 e. The third-order valence-corrected chi connectivity index (χ3v) is 3.67. The molecule has 0 aliphatic carbocycles. The van der Waals surface area contributed by atoms with Crippen LogP contribution in [0.4, 0.5) is 4.79 Å². The number of imide groups is 1. The van der Waals surface area contributed by atoms with Gasteiger partial charge in [0.25, 0.3) is 0 Å². The van der Waals surface area contributed by atoms with Crippen molar-refractivity contribution in [2.75, 3.05) is 25.5 Å². The fourth-order valence-corrected chi connectivity index (χ4v) is 2.47. The van der Waals surface area contributed by atoms with Crippen molar-refractivity contribution in [2.24, 2.45) is 0 Å². The SMILES string of the molecule is CCNC(=O)NC(=O)CSc1ccc2c(c1)OCCCO2. The number of carbonyl (C=O) groups excluding carboxylic acids is 2. The van der Waals surface area contributed by atoms with Crippen molar-refractivity contribution in [2.45, 2.75) is 18.2 Å². The lowest BCUT2D eigenvalue weighted by Crippen LogP contribution is -2.40. The van der Waals surface area contributed by atoms with E-state index in [-0.39, 0.29) is 11.7 Å². The molecule has 0 bridgehead atoms. The zero-order chi connectivity index (χ0) is 15.1. The molecule has 21 heavy (non-hydrogen) atoms. The Kier molecular flexibility index (Phi) is 5.74. The summed E-state index contributed by atoms with van der Waals surface area (Å²) < 4.78 is 11.1. The maximum absolute atomic E-state index is 11.6. The molecule has 1 aromatic rings. The molecule has 2 N–H and O–H groups in total. The van der Waals surface area contributed by atoms with Gasteiger partial charge >= 0.3 is 6.03 Å². The number of benzene rings is 1. The van der Waals surface area contributed by atoms with Gasteiger partial charge in [0.05, 0.1) is 19.0 Å². The molecule has 0 spiro atoms. The fourth-order valence-electron chi connectivity index (χ4n) is 1.75. The predicted octanol–water partition coefficient (Wildman–Crippen LogP) is 1.79. The van der Waals surface area contributed by atoms with Crippen LogP contribution in [0.3, 0.4) is 0 Å². The Morgan fingerprint density at radius 1 is 1.24 bits per heavy atom. The number of urea groups is 1. The van der Waals surface area contributed by atoms with Crippen molar-refractivity contribution in [3.8, 4) is 11.5 Å². The lowest BCUT2D eigenvalue weighted by molar-refractivity contribution is -0.117. The highest BCUT2D eigenvalue weighted by Gasteiger charge is 2.12. The summed E-state index contributed by atoms with van der Waals surface area (Å²) in [6.07, 6.45) is 0.853. The summed E-state index contributed by atoms with van der Waals surface area (Å²) in [5.41, 5.74) is 0. The normalized spacial score (nSPS) is 13.2. The van der Waals surface area contributed by atoms with Gasteiger partial charge in [-0.15, -0.1) is 11.8 Å². The lowest BCUT2D eigenvalue weighted by atomic mass is 10.3. The fraction of sp³-hybridized carbons (Fsp3) is 0.429. The Morgan fingerprint density at radius 2 is 2.00 bits per heavy atom. The minimum Gasteiger partial charge on any atom is -0.490 e. The standard InChI is InChI=1S/C14H18N2O4S/c1-2-15-14(18)16-13(17)9-21-10-4-5-11-12(8-10)20-7-3-6-19-11/h4-5,8H,2-3,6-7,9H2,1H3,(H2,15,16,17,18). The summed E-state index contributed by atoms with van der Waals surface area (Å²) in [6.45, 7) is 3.54. The first-order chi connectivity index (χ1) is 10.2. The third-order valence-electron chi connectivity index (χ3n) is 2.68. The number of hydrogen-bond acceptors (Lipinski definition) is 5. The van der Waals surface area contributed by atoms with Crippen molar-refractivity contribution in [1.29, 1.82) is 0 Å². The number of thioether (sulfide) groups is 1. The van der Waals surface area contributed by atoms with Crippen LogP contribution in [0.1, 0.15) is 13.3 Å². The quantitative estimate of drug-likeness (QED) is 0.829. The molecule has 0 radical (unpaired) electrons. The number of carbonyl (C=O) groups is 2. The van der Waals surface area contributed by atoms with Crippen molar-refractivity contribution in [1.82, 2.24) is 10.6 Å². The molecular formula is C14H18N2O4S. The van der Waals surface area contributed by atoms with Crippen molar-refractivity contribution in [3.63, 3.8) is 0 Å². The van der Waals surface area contributed by atoms with Crippen molar-refractivity contribution < 1.29 is 19.1 Å². The molecule has 0 aromatic heterocycles. The zero-order valence-corrected chi connectivity index (χ0v) is 12.6. The molecule has 2 rings (SSSR count). The van der Waals surface area contributed by atoms with Crippen LogP contribution in [0, 0.1) is 0 Å². The Labute approximate surface area is 127 Å². The van der Waals surface area contributed by atoms with E-state index in [0.717, 1.165) is 17.1 Å². The molecule has 1 heterocycles. The summed E-state index contributed by atoms with van der Waals surface area (Å²) >= 11 is 1.34. The first-order valence-corrected chi connectivity index (χ1v) is 7.77. The van der Waals surface area contributed by atoms with E-state index < -0.39 is 6.03 Å². The third kappa shape index (κ3) is 4.86. The van der Waals surface area contributed by atoms with E-state index in [2.05, 4.69) is 10.6 Å². The van der Waals surface area contributed by atoms with Gasteiger partial charge in [-0.2, -0.15) is 0 Å². The molecule has 114 valence electrons. The highest BCUT2D eigenvalue weighted by atomic mass is 32.2. The summed E-state index contributed by atoms with van der Waals surface area (Å²) in [5, 5.41) is 4.76. The Hall–Kier alpha value is -1.89. The van der Waals surface area contributed by atoms with Crippen molar-refractivity contribution >= 4 is 23.7 Å². The molecule has 1 aliphatic heterocycles. The molecular weight excluding hydrogens is 292 g/mol. The summed E-state index contributed by atoms with van der Waals surface area (Å²) in [4.78, 5) is 23.7. The van der Waals surface area contributed by atoms with Crippen LogP contribution in [0.15, 0.2) is 23.1 Å². The second-order valence-electron chi connectivity index (χ2n) is 4.36. The second-order valence-corrected chi connectivity index (χ2v) is 5.40. The van der Waals surface area contributed by atoms with E-state index in [1.807, 2.05) is 18.2 Å². The predicted molar refractivity (Wildman–Crippen MR) is 80.0 cm³/mol. The number of ether oxygens (including phenoxy) is 2. The molecule has 1 aliphatic rings. The molecule has 0 saturated carbocycles. The molecule has 7 heteroatoms. The van der Waals surface area contributed by atoms with Crippen LogP contribution in [0.5, 0.6) is 11.5 Å². The highest BCUT2D eigenvalue weighted by molar-refractivity contribution is 8.00. The minimum atomic E-state index is -0.471. The number of nitrogens with one attached hydrogen (secondary N) is 2. The van der Waals surface area contributed by atoms with E-state index in [1.54, 1.807) is 6.92 Å². The second kappa shape index (κ2) is 7.78. The lowest BCUT2D eigenvalue weighted by Gasteiger charge is -2.09. The molecule has 0 unspecified atom stereocenters. The molecule has 6 nitrogen and oxygen atoms in total. The summed E-state index contributed by atoms with van der Waals surface area (Å²) in [7, 11) is 0. The van der Waals surface area contributed by atoms with Gasteiger partial charge in [0.2, 0.25) is 5.91 Å². The van der Waals surface area contributed by atoms with Crippen molar-refractivity contribution in [3.05, 3.63) is 18.2 Å². The van der Waals surface area contributed by atoms with Gasteiger partial charge in [0, 0.05) is 17.9 Å². The van der Waals surface area contributed by atoms with Crippen LogP contribution in [0.2, 0.25) is 0 Å². The molecule has 1 aromatic carbocycles. The average Bonchev–Trinajstić information content (AvgIpc) is 2.70. The number of amides is 3. The van der Waals surface area contributed by atoms with Gasteiger partial charge in [0.1, 0.15) is 0 Å². The topological polar surface area (TPSA) is 76.7 Å². The van der Waals surface area contributed by atoms with Gasteiger partial charge < -0.3 is 14.8 Å². The van der Waals surface area contributed by atoms with Crippen LogP contribution in [-0.2, 0) is 4.79 Å². The van der Waals surface area contributed by atoms with Gasteiger partial charge in [-0.25, -0.2) is 4.79 Å². The van der Waals surface area contributed by atoms with Crippen LogP contribution in [-0.4, -0.2) is 37.4 Å². The highest BCUT2D eigenvalue weighted by Crippen LogP contribution is 2.33. The van der Waals surface area contributed by atoms with E-state index in [1.165, 1.54) is 11.8 Å². The maximum atomic E-state index is 11.6. The first kappa shape index (κ1) is 15.5. The van der Waals surface area contributed by atoms with Gasteiger partial charge in [0.15, 0.2) is 11.5 Å². The first-order valence-electron chi connectivity index (χ1n) is 6.79. The Morgan fingerprint density at radius 3 is 2.76 bits per heavy atom. The molecule has 0 saturated heterocycles. The average molecular weight is 310 g/mol. The number of hydrogen-bond donors (Lipinski definition) is 2. The molecule has 3 amide bonds. The zero-order valence-electron chi connectivity index (χ0n) is 11.8. The van der Waals surface area contributed by atoms with E-state index in [9.17, 15) is 9.59 Å². The molecule has 0 atom stereocenters. The Bertz CT molecular complexity index is 522. The minimum absolute atomic E-state index is 0.163. The van der Waals surface area contributed by atoms with Crippen LogP contribution >= 0.6 is 11.8 Å². The largest absolute Gasteiger partial charge is 0.490 e. The number of rotatable bonds is 4.